The first kappa shape index (κ1) is 16.7. The number of imidazole rings is 1. The number of aromatic amines is 1. The number of hydrogen-bond donors (Lipinski definition) is 2. The molecule has 0 aliphatic heterocycles. The average Bonchev–Trinajstić information content (AvgIpc) is 3.28. The molecule has 1 amide bonds. The second-order valence-electron chi connectivity index (χ2n) is 5.92. The number of carbonyl (C=O) groups is 1. The minimum Gasteiger partial charge on any atom is -0.422 e. The van der Waals surface area contributed by atoms with Gasteiger partial charge in [0.2, 0.25) is 5.91 Å². The van der Waals surface area contributed by atoms with Gasteiger partial charge < -0.3 is 14.6 Å². The number of nitrogens with zero attached hydrogens (tertiary/aromatic N) is 5. The number of benzene rings is 2. The van der Waals surface area contributed by atoms with Gasteiger partial charge in [-0.2, -0.15) is 5.21 Å². The van der Waals surface area contributed by atoms with Crippen molar-refractivity contribution in [2.24, 2.45) is 0 Å². The van der Waals surface area contributed by atoms with E-state index in [1.807, 2.05) is 31.2 Å². The summed E-state index contributed by atoms with van der Waals surface area (Å²) in [4.78, 5) is 16.8. The van der Waals surface area contributed by atoms with Crippen molar-refractivity contribution in [1.29, 1.82) is 0 Å². The summed E-state index contributed by atoms with van der Waals surface area (Å²) in [5.74, 6) is 1.38. The molecule has 0 aliphatic carbocycles. The summed E-state index contributed by atoms with van der Waals surface area (Å²) in [5, 5.41) is 16.0. The number of anilines is 1. The fourth-order valence-electron chi connectivity index (χ4n) is 2.82. The predicted molar refractivity (Wildman–Crippen MR) is 98.4 cm³/mol. The van der Waals surface area contributed by atoms with Crippen LogP contribution in [0.3, 0.4) is 0 Å². The van der Waals surface area contributed by atoms with Gasteiger partial charge in [-0.05, 0) is 48.5 Å². The molecule has 0 aliphatic rings. The van der Waals surface area contributed by atoms with E-state index in [9.17, 15) is 4.79 Å². The highest BCUT2D eigenvalue weighted by Crippen LogP contribution is 2.20. The standard InChI is InChI=1S/C18H17N7O2/c1-12-19-15-4-2-3-5-16(15)25(12)11-10-17(26)20-13-6-8-14(9-7-13)27-18-21-23-24-22-18/h2-9H,10-11H2,1H3,(H,20,26)(H,21,22,23,24). The molecule has 9 heteroatoms. The van der Waals surface area contributed by atoms with E-state index in [2.05, 4.69) is 35.5 Å². The number of amides is 1. The van der Waals surface area contributed by atoms with Crippen LogP contribution in [0.25, 0.3) is 11.0 Å². The number of ether oxygens (including phenoxy) is 1. The fraction of sp³-hybridized carbons (Fsp3) is 0.167. The zero-order valence-electron chi connectivity index (χ0n) is 14.6. The van der Waals surface area contributed by atoms with Crippen LogP contribution in [-0.2, 0) is 11.3 Å². The van der Waals surface area contributed by atoms with Crippen molar-refractivity contribution < 1.29 is 9.53 Å². The predicted octanol–water partition coefficient (Wildman–Crippen LogP) is 2.68. The number of para-hydroxylation sites is 2. The number of hydrogen-bond acceptors (Lipinski definition) is 6. The van der Waals surface area contributed by atoms with Crippen LogP contribution < -0.4 is 10.1 Å². The van der Waals surface area contributed by atoms with E-state index < -0.39 is 0 Å². The molecule has 0 radical (unpaired) electrons. The molecule has 136 valence electrons. The van der Waals surface area contributed by atoms with Gasteiger partial charge in [0.15, 0.2) is 0 Å². The Morgan fingerprint density at radius 2 is 2.00 bits per heavy atom. The number of fused-ring (bicyclic) bond motifs is 1. The van der Waals surface area contributed by atoms with E-state index >= 15 is 0 Å². The van der Waals surface area contributed by atoms with Crippen LogP contribution >= 0.6 is 0 Å². The number of rotatable bonds is 6. The van der Waals surface area contributed by atoms with Crippen LogP contribution in [0.5, 0.6) is 11.8 Å². The molecule has 2 heterocycles. The summed E-state index contributed by atoms with van der Waals surface area (Å²) in [6.07, 6.45) is 0.350. The topological polar surface area (TPSA) is 111 Å². The Kier molecular flexibility index (Phi) is 4.48. The summed E-state index contributed by atoms with van der Waals surface area (Å²) >= 11 is 0. The van der Waals surface area contributed by atoms with Gasteiger partial charge in [0.05, 0.1) is 11.0 Å². The Hall–Kier alpha value is -3.75. The Morgan fingerprint density at radius 3 is 2.78 bits per heavy atom. The highest BCUT2D eigenvalue weighted by atomic mass is 16.5. The zero-order chi connectivity index (χ0) is 18.6. The summed E-state index contributed by atoms with van der Waals surface area (Å²) in [6.45, 7) is 2.51. The van der Waals surface area contributed by atoms with E-state index in [1.165, 1.54) is 0 Å². The van der Waals surface area contributed by atoms with Crippen molar-refractivity contribution in [2.75, 3.05) is 5.32 Å². The van der Waals surface area contributed by atoms with Crippen molar-refractivity contribution in [1.82, 2.24) is 30.2 Å². The van der Waals surface area contributed by atoms with Gasteiger partial charge in [0.1, 0.15) is 11.6 Å². The smallest absolute Gasteiger partial charge is 0.361 e. The Morgan fingerprint density at radius 1 is 1.19 bits per heavy atom. The maximum atomic E-state index is 12.3. The third kappa shape index (κ3) is 3.76. The molecule has 9 nitrogen and oxygen atoms in total. The maximum absolute atomic E-state index is 12.3. The molecular weight excluding hydrogens is 346 g/mol. The maximum Gasteiger partial charge on any atom is 0.361 e. The quantitative estimate of drug-likeness (QED) is 0.545. The lowest BCUT2D eigenvalue weighted by molar-refractivity contribution is -0.116. The van der Waals surface area contributed by atoms with Crippen molar-refractivity contribution >= 4 is 22.6 Å². The Labute approximate surface area is 154 Å². The van der Waals surface area contributed by atoms with Crippen LogP contribution in [-0.4, -0.2) is 36.1 Å². The molecule has 0 unspecified atom stereocenters. The number of aryl methyl sites for hydroxylation is 2. The van der Waals surface area contributed by atoms with Gasteiger partial charge in [-0.1, -0.05) is 22.3 Å². The van der Waals surface area contributed by atoms with Crippen LogP contribution in [0.2, 0.25) is 0 Å². The van der Waals surface area contributed by atoms with Crippen molar-refractivity contribution in [3.8, 4) is 11.8 Å². The lowest BCUT2D eigenvalue weighted by atomic mass is 10.3. The lowest BCUT2D eigenvalue weighted by Crippen LogP contribution is -2.15. The van der Waals surface area contributed by atoms with Gasteiger partial charge >= 0.3 is 6.01 Å². The number of nitrogens with one attached hydrogen (secondary N) is 2. The normalized spacial score (nSPS) is 10.9. The monoisotopic (exact) mass is 363 g/mol. The molecule has 4 aromatic rings. The first-order valence-corrected chi connectivity index (χ1v) is 8.42. The number of H-pyrrole nitrogens is 1. The number of aromatic nitrogens is 6. The molecule has 0 bridgehead atoms. The molecule has 2 aromatic carbocycles. The van der Waals surface area contributed by atoms with Crippen LogP contribution in [0.15, 0.2) is 48.5 Å². The second kappa shape index (κ2) is 7.24. The summed E-state index contributed by atoms with van der Waals surface area (Å²) in [7, 11) is 0. The minimum absolute atomic E-state index is 0.0704. The number of tetrazole rings is 1. The zero-order valence-corrected chi connectivity index (χ0v) is 14.6. The van der Waals surface area contributed by atoms with Gasteiger partial charge in [-0.25, -0.2) is 4.98 Å². The first-order chi connectivity index (χ1) is 13.2. The lowest BCUT2D eigenvalue weighted by Gasteiger charge is -2.08. The molecule has 4 rings (SSSR count). The second-order valence-corrected chi connectivity index (χ2v) is 5.92. The minimum atomic E-state index is -0.0704. The highest BCUT2D eigenvalue weighted by molar-refractivity contribution is 5.90. The van der Waals surface area contributed by atoms with Gasteiger partial charge in [-0.3, -0.25) is 4.79 Å². The summed E-state index contributed by atoms with van der Waals surface area (Å²) in [5.41, 5.74) is 2.66. The third-order valence-corrected chi connectivity index (χ3v) is 4.08. The molecule has 27 heavy (non-hydrogen) atoms. The van der Waals surface area contributed by atoms with E-state index in [1.54, 1.807) is 24.3 Å². The highest BCUT2D eigenvalue weighted by Gasteiger charge is 2.09. The van der Waals surface area contributed by atoms with Gasteiger partial charge in [0, 0.05) is 18.7 Å². The molecule has 0 saturated carbocycles. The van der Waals surface area contributed by atoms with Gasteiger partial charge in [0.25, 0.3) is 0 Å². The summed E-state index contributed by atoms with van der Waals surface area (Å²) < 4.78 is 7.44. The van der Waals surface area contributed by atoms with Crippen LogP contribution in [0.4, 0.5) is 5.69 Å². The molecule has 0 fully saturated rings. The largest absolute Gasteiger partial charge is 0.422 e. The van der Waals surface area contributed by atoms with Crippen LogP contribution in [0.1, 0.15) is 12.2 Å². The third-order valence-electron chi connectivity index (χ3n) is 4.08. The van der Waals surface area contributed by atoms with E-state index in [4.69, 9.17) is 4.74 Å². The molecule has 2 N–H and O–H groups in total. The van der Waals surface area contributed by atoms with E-state index in [-0.39, 0.29) is 11.9 Å². The number of carbonyl (C=O) groups excluding carboxylic acids is 1. The van der Waals surface area contributed by atoms with Crippen molar-refractivity contribution in [3.05, 3.63) is 54.4 Å². The van der Waals surface area contributed by atoms with Gasteiger partial charge in [-0.15, -0.1) is 0 Å². The molecule has 0 saturated heterocycles. The Balaban J connectivity index is 1.35. The van der Waals surface area contributed by atoms with Crippen molar-refractivity contribution in [3.63, 3.8) is 0 Å². The van der Waals surface area contributed by atoms with Crippen LogP contribution in [0, 0.1) is 6.92 Å². The fourth-order valence-corrected chi connectivity index (χ4v) is 2.82. The summed E-state index contributed by atoms with van der Waals surface area (Å²) in [6, 6.07) is 15.0. The average molecular weight is 363 g/mol. The first-order valence-electron chi connectivity index (χ1n) is 8.42. The molecule has 0 spiro atoms. The van der Waals surface area contributed by atoms with E-state index in [0.29, 0.717) is 24.4 Å². The van der Waals surface area contributed by atoms with E-state index in [0.717, 1.165) is 16.9 Å². The van der Waals surface area contributed by atoms with Crippen molar-refractivity contribution in [2.45, 2.75) is 19.9 Å². The molecule has 0 atom stereocenters. The SMILES string of the molecule is Cc1nc2ccccc2n1CCC(=O)Nc1ccc(Oc2nn[nH]n2)cc1. The molecule has 2 aromatic heterocycles. The molecular formula is C18H17N7O2. The Bertz CT molecular complexity index is 1060.